The van der Waals surface area contributed by atoms with Crippen LogP contribution in [0, 0.1) is 17.7 Å². The molecule has 0 bridgehead atoms. The first kappa shape index (κ1) is 19.3. The average Bonchev–Trinajstić information content (AvgIpc) is 2.64. The highest BCUT2D eigenvalue weighted by atomic mass is 32.2. The molecule has 1 saturated carbocycles. The smallest absolute Gasteiger partial charge is 0.243 e. The van der Waals surface area contributed by atoms with Crippen LogP contribution >= 0.6 is 0 Å². The molecular weight excluding hydrogens is 355 g/mol. The van der Waals surface area contributed by atoms with Gasteiger partial charge in [0.2, 0.25) is 15.9 Å². The van der Waals surface area contributed by atoms with E-state index in [2.05, 4.69) is 12.2 Å². The molecule has 26 heavy (non-hydrogen) atoms. The molecule has 3 rings (SSSR count). The summed E-state index contributed by atoms with van der Waals surface area (Å²) >= 11 is 0. The Labute approximate surface area is 155 Å². The van der Waals surface area contributed by atoms with E-state index in [0.717, 1.165) is 31.4 Å². The predicted octanol–water partition coefficient (Wildman–Crippen LogP) is 2.92. The van der Waals surface area contributed by atoms with E-state index < -0.39 is 15.8 Å². The van der Waals surface area contributed by atoms with Crippen molar-refractivity contribution in [1.82, 2.24) is 9.62 Å². The van der Waals surface area contributed by atoms with E-state index in [0.29, 0.717) is 31.8 Å². The Morgan fingerprint density at radius 2 is 1.69 bits per heavy atom. The van der Waals surface area contributed by atoms with E-state index in [4.69, 9.17) is 0 Å². The summed E-state index contributed by atoms with van der Waals surface area (Å²) in [5, 5.41) is 3.18. The first-order valence-corrected chi connectivity index (χ1v) is 10.9. The maximum atomic E-state index is 13.0. The fourth-order valence-corrected chi connectivity index (χ4v) is 5.41. The molecule has 1 heterocycles. The van der Waals surface area contributed by atoms with Gasteiger partial charge in [-0.1, -0.05) is 19.8 Å². The molecule has 144 valence electrons. The van der Waals surface area contributed by atoms with Crippen molar-refractivity contribution in [3.05, 3.63) is 30.1 Å². The van der Waals surface area contributed by atoms with Gasteiger partial charge in [0, 0.05) is 25.0 Å². The zero-order valence-corrected chi connectivity index (χ0v) is 16.0. The molecule has 0 unspecified atom stereocenters. The molecule has 0 spiro atoms. The summed E-state index contributed by atoms with van der Waals surface area (Å²) in [6.45, 7) is 2.82. The first-order valence-electron chi connectivity index (χ1n) is 9.44. The lowest BCUT2D eigenvalue weighted by Crippen LogP contribution is -2.47. The molecule has 1 aliphatic heterocycles. The number of halogens is 1. The van der Waals surface area contributed by atoms with E-state index in [1.807, 2.05) is 0 Å². The van der Waals surface area contributed by atoms with Gasteiger partial charge in [-0.2, -0.15) is 4.31 Å². The first-order chi connectivity index (χ1) is 12.4. The molecule has 1 saturated heterocycles. The Morgan fingerprint density at radius 3 is 2.31 bits per heavy atom. The molecule has 1 aliphatic carbocycles. The lowest BCUT2D eigenvalue weighted by molar-refractivity contribution is -0.127. The molecule has 1 aromatic rings. The molecule has 2 aliphatic rings. The standard InChI is InChI=1S/C19H27FN2O3S/c1-14-4-2-3-5-18(14)21-19(23)15-10-12-22(13-11-15)26(24,25)17-8-6-16(20)7-9-17/h6-9,14-15,18H,2-5,10-13H2,1H3,(H,21,23)/t14-,18+/m1/s1. The number of carbonyl (C=O) groups excluding carboxylic acids is 1. The van der Waals surface area contributed by atoms with E-state index >= 15 is 0 Å². The monoisotopic (exact) mass is 382 g/mol. The highest BCUT2D eigenvalue weighted by Crippen LogP contribution is 2.27. The number of hydrogen-bond donors (Lipinski definition) is 1. The fourth-order valence-electron chi connectivity index (χ4n) is 3.95. The number of carbonyl (C=O) groups is 1. The van der Waals surface area contributed by atoms with Crippen molar-refractivity contribution in [3.63, 3.8) is 0 Å². The van der Waals surface area contributed by atoms with Gasteiger partial charge in [-0.3, -0.25) is 4.79 Å². The van der Waals surface area contributed by atoms with Crippen LogP contribution in [-0.2, 0) is 14.8 Å². The molecule has 0 aromatic heterocycles. The average molecular weight is 383 g/mol. The SMILES string of the molecule is C[C@@H]1CCCC[C@@H]1NC(=O)C1CCN(S(=O)(=O)c2ccc(F)cc2)CC1. The van der Waals surface area contributed by atoms with Crippen molar-refractivity contribution in [1.29, 1.82) is 0 Å². The molecular formula is C19H27FN2O3S. The van der Waals surface area contributed by atoms with Crippen molar-refractivity contribution < 1.29 is 17.6 Å². The van der Waals surface area contributed by atoms with Crippen molar-refractivity contribution in [2.75, 3.05) is 13.1 Å². The number of sulfonamides is 1. The van der Waals surface area contributed by atoms with Crippen molar-refractivity contribution >= 4 is 15.9 Å². The number of rotatable bonds is 4. The van der Waals surface area contributed by atoms with Gasteiger partial charge in [-0.05, 0) is 55.9 Å². The highest BCUT2D eigenvalue weighted by molar-refractivity contribution is 7.89. The van der Waals surface area contributed by atoms with Crippen LogP contribution in [0.2, 0.25) is 0 Å². The fraction of sp³-hybridized carbons (Fsp3) is 0.632. The van der Waals surface area contributed by atoms with Crippen LogP contribution in [0.25, 0.3) is 0 Å². The second-order valence-electron chi connectivity index (χ2n) is 7.51. The highest BCUT2D eigenvalue weighted by Gasteiger charge is 2.33. The van der Waals surface area contributed by atoms with E-state index in [-0.39, 0.29) is 22.8 Å². The molecule has 2 fully saturated rings. The number of nitrogens with one attached hydrogen (secondary N) is 1. The van der Waals surface area contributed by atoms with Crippen LogP contribution in [0.4, 0.5) is 4.39 Å². The van der Waals surface area contributed by atoms with Gasteiger partial charge in [0.25, 0.3) is 0 Å². The van der Waals surface area contributed by atoms with E-state index in [1.165, 1.54) is 22.9 Å². The Hall–Kier alpha value is -1.47. The number of hydrogen-bond acceptors (Lipinski definition) is 3. The molecule has 0 radical (unpaired) electrons. The second-order valence-corrected chi connectivity index (χ2v) is 9.45. The van der Waals surface area contributed by atoms with Crippen LogP contribution in [0.15, 0.2) is 29.2 Å². The minimum absolute atomic E-state index is 0.0579. The Morgan fingerprint density at radius 1 is 1.08 bits per heavy atom. The molecule has 1 amide bonds. The summed E-state index contributed by atoms with van der Waals surface area (Å²) in [6, 6.07) is 5.12. The summed E-state index contributed by atoms with van der Waals surface area (Å²) in [5.74, 6) is -0.0331. The third-order valence-corrected chi connectivity index (χ3v) is 7.63. The lowest BCUT2D eigenvalue weighted by atomic mass is 9.85. The maximum Gasteiger partial charge on any atom is 0.243 e. The van der Waals surface area contributed by atoms with Crippen molar-refractivity contribution in [2.24, 2.45) is 11.8 Å². The largest absolute Gasteiger partial charge is 0.353 e. The number of amides is 1. The topological polar surface area (TPSA) is 66.5 Å². The third-order valence-electron chi connectivity index (χ3n) is 5.72. The van der Waals surface area contributed by atoms with Gasteiger partial charge in [0.05, 0.1) is 4.90 Å². The second kappa shape index (κ2) is 8.05. The minimum atomic E-state index is -3.63. The zero-order chi connectivity index (χ0) is 18.7. The number of piperidine rings is 1. The number of benzene rings is 1. The quantitative estimate of drug-likeness (QED) is 0.871. The van der Waals surface area contributed by atoms with Crippen LogP contribution < -0.4 is 5.32 Å². The molecule has 1 N–H and O–H groups in total. The summed E-state index contributed by atoms with van der Waals surface area (Å²) in [6.07, 6.45) is 5.61. The molecule has 1 aromatic carbocycles. The molecule has 5 nitrogen and oxygen atoms in total. The number of nitrogens with zero attached hydrogens (tertiary/aromatic N) is 1. The van der Waals surface area contributed by atoms with Gasteiger partial charge < -0.3 is 5.32 Å². The summed E-state index contributed by atoms with van der Waals surface area (Å²) < 4.78 is 39.7. The van der Waals surface area contributed by atoms with Crippen LogP contribution in [0.5, 0.6) is 0 Å². The van der Waals surface area contributed by atoms with E-state index in [9.17, 15) is 17.6 Å². The molecule has 7 heteroatoms. The van der Waals surface area contributed by atoms with Gasteiger partial charge in [0.15, 0.2) is 0 Å². The van der Waals surface area contributed by atoms with Gasteiger partial charge in [0.1, 0.15) is 5.82 Å². The normalized spacial score (nSPS) is 25.8. The van der Waals surface area contributed by atoms with Crippen LogP contribution in [0.3, 0.4) is 0 Å². The van der Waals surface area contributed by atoms with Gasteiger partial charge >= 0.3 is 0 Å². The third kappa shape index (κ3) is 4.26. The van der Waals surface area contributed by atoms with E-state index in [1.54, 1.807) is 0 Å². The summed E-state index contributed by atoms with van der Waals surface area (Å²) in [7, 11) is -3.63. The Bertz CT molecular complexity index is 728. The maximum absolute atomic E-state index is 13.0. The van der Waals surface area contributed by atoms with Crippen LogP contribution in [-0.4, -0.2) is 37.8 Å². The summed E-state index contributed by atoms with van der Waals surface area (Å²) in [5.41, 5.74) is 0. The van der Waals surface area contributed by atoms with Gasteiger partial charge in [-0.15, -0.1) is 0 Å². The Balaban J connectivity index is 1.56. The summed E-state index contributed by atoms with van der Waals surface area (Å²) in [4.78, 5) is 12.7. The van der Waals surface area contributed by atoms with Crippen molar-refractivity contribution in [3.8, 4) is 0 Å². The zero-order valence-electron chi connectivity index (χ0n) is 15.2. The predicted molar refractivity (Wildman–Crippen MR) is 97.4 cm³/mol. The van der Waals surface area contributed by atoms with Gasteiger partial charge in [-0.25, -0.2) is 12.8 Å². The minimum Gasteiger partial charge on any atom is -0.353 e. The van der Waals surface area contributed by atoms with Crippen molar-refractivity contribution in [2.45, 2.75) is 56.4 Å². The Kier molecular flexibility index (Phi) is 5.97. The molecule has 2 atom stereocenters. The van der Waals surface area contributed by atoms with Crippen LogP contribution in [0.1, 0.15) is 45.4 Å². The lowest BCUT2D eigenvalue weighted by Gasteiger charge is -2.34.